The molecule has 1 saturated heterocycles. The summed E-state index contributed by atoms with van der Waals surface area (Å²) in [4.78, 5) is 0.418. The number of rotatable bonds is 6. The van der Waals surface area contributed by atoms with E-state index < -0.39 is 10.0 Å². The van der Waals surface area contributed by atoms with Gasteiger partial charge in [0.25, 0.3) is 0 Å². The van der Waals surface area contributed by atoms with E-state index in [2.05, 4.69) is 27.9 Å². The van der Waals surface area contributed by atoms with Crippen LogP contribution < -0.4 is 5.32 Å². The monoisotopic (exact) mass is 420 g/mol. The van der Waals surface area contributed by atoms with Gasteiger partial charge < -0.3 is 5.32 Å². The summed E-state index contributed by atoms with van der Waals surface area (Å²) in [5.41, 5.74) is 0. The zero-order chi connectivity index (χ0) is 14.9. The number of sulfonamides is 1. The summed E-state index contributed by atoms with van der Waals surface area (Å²) in [6, 6.07) is 7.47. The molecule has 0 bridgehead atoms. The molecule has 1 N–H and O–H groups in total. The molecule has 4 nitrogen and oxygen atoms in total. The summed E-state index contributed by atoms with van der Waals surface area (Å²) in [7, 11) is -3.37. The number of hydrogen-bond acceptors (Lipinski definition) is 3. The highest BCUT2D eigenvalue weighted by molar-refractivity contribution is 14.1. The summed E-state index contributed by atoms with van der Waals surface area (Å²) in [6.45, 7) is 2.28. The van der Waals surface area contributed by atoms with Crippen LogP contribution in [0.15, 0.2) is 29.2 Å². The van der Waals surface area contributed by atoms with Crippen LogP contribution in [-0.4, -0.2) is 38.4 Å². The molecule has 0 amide bonds. The van der Waals surface area contributed by atoms with Crippen LogP contribution in [0.2, 0.25) is 0 Å². The first-order chi connectivity index (χ1) is 10.1. The smallest absolute Gasteiger partial charge is 0.243 e. The maximum absolute atomic E-state index is 12.9. The zero-order valence-corrected chi connectivity index (χ0v) is 14.9. The van der Waals surface area contributed by atoms with Gasteiger partial charge in [-0.2, -0.15) is 4.31 Å². The van der Waals surface area contributed by atoms with E-state index in [-0.39, 0.29) is 0 Å². The molecule has 6 heteroatoms. The van der Waals surface area contributed by atoms with E-state index in [1.54, 1.807) is 16.4 Å². The fourth-order valence-electron chi connectivity index (χ4n) is 2.77. The second-order valence-electron chi connectivity index (χ2n) is 6.01. The van der Waals surface area contributed by atoms with Gasteiger partial charge in [0.05, 0.1) is 4.90 Å². The van der Waals surface area contributed by atoms with Crippen LogP contribution in [0.25, 0.3) is 0 Å². The Balaban J connectivity index is 1.80. The molecule has 1 aromatic rings. The summed E-state index contributed by atoms with van der Waals surface area (Å²) < 4.78 is 28.5. The minimum Gasteiger partial charge on any atom is -0.313 e. The SMILES string of the molecule is O=S(=O)(c1ccc(I)cc1)N(CC1CC1)CC1CCCN1. The van der Waals surface area contributed by atoms with Gasteiger partial charge in [0.15, 0.2) is 0 Å². The van der Waals surface area contributed by atoms with E-state index >= 15 is 0 Å². The molecule has 3 rings (SSSR count). The van der Waals surface area contributed by atoms with Gasteiger partial charge in [-0.1, -0.05) is 0 Å². The largest absolute Gasteiger partial charge is 0.313 e. The van der Waals surface area contributed by atoms with Gasteiger partial charge in [0, 0.05) is 22.7 Å². The molecule has 1 unspecified atom stereocenters. The third-order valence-electron chi connectivity index (χ3n) is 4.20. The van der Waals surface area contributed by atoms with Crippen LogP contribution in [0.3, 0.4) is 0 Å². The van der Waals surface area contributed by atoms with Crippen LogP contribution in [-0.2, 0) is 10.0 Å². The van der Waals surface area contributed by atoms with Gasteiger partial charge in [-0.25, -0.2) is 8.42 Å². The summed E-state index contributed by atoms with van der Waals surface area (Å²) >= 11 is 2.19. The summed E-state index contributed by atoms with van der Waals surface area (Å²) in [6.07, 6.45) is 4.54. The second kappa shape index (κ2) is 6.52. The lowest BCUT2D eigenvalue weighted by Gasteiger charge is -2.25. The van der Waals surface area contributed by atoms with Crippen LogP contribution in [0.5, 0.6) is 0 Å². The first kappa shape index (κ1) is 15.7. The summed E-state index contributed by atoms with van der Waals surface area (Å²) in [5.74, 6) is 0.560. The highest BCUT2D eigenvalue weighted by atomic mass is 127. The first-order valence-corrected chi connectivity index (χ1v) is 10.1. The van der Waals surface area contributed by atoms with Crippen LogP contribution in [0, 0.1) is 9.49 Å². The Morgan fingerprint density at radius 2 is 1.86 bits per heavy atom. The Morgan fingerprint density at radius 3 is 2.43 bits per heavy atom. The fraction of sp³-hybridized carbons (Fsp3) is 0.600. The van der Waals surface area contributed by atoms with E-state index in [1.807, 2.05) is 12.1 Å². The van der Waals surface area contributed by atoms with Crippen molar-refractivity contribution in [1.82, 2.24) is 9.62 Å². The average Bonchev–Trinajstić information content (AvgIpc) is 3.12. The quantitative estimate of drug-likeness (QED) is 0.720. The van der Waals surface area contributed by atoms with E-state index in [1.165, 1.54) is 0 Å². The highest BCUT2D eigenvalue weighted by Gasteiger charge is 2.33. The molecule has 2 fully saturated rings. The Kier molecular flexibility index (Phi) is 4.87. The maximum atomic E-state index is 12.9. The topological polar surface area (TPSA) is 49.4 Å². The lowest BCUT2D eigenvalue weighted by Crippen LogP contribution is -2.42. The van der Waals surface area contributed by atoms with Gasteiger partial charge in [-0.15, -0.1) is 0 Å². The molecular formula is C15H21IN2O2S. The number of benzene rings is 1. The zero-order valence-electron chi connectivity index (χ0n) is 12.0. The van der Waals surface area contributed by atoms with Crippen molar-refractivity contribution in [3.05, 3.63) is 27.8 Å². The minimum atomic E-state index is -3.37. The van der Waals surface area contributed by atoms with Gasteiger partial charge in [0.1, 0.15) is 0 Å². The Morgan fingerprint density at radius 1 is 1.14 bits per heavy atom. The predicted molar refractivity (Wildman–Crippen MR) is 91.7 cm³/mol. The molecule has 1 aliphatic heterocycles. The van der Waals surface area contributed by atoms with Gasteiger partial charge in [-0.3, -0.25) is 0 Å². The van der Waals surface area contributed by atoms with Crippen LogP contribution in [0.1, 0.15) is 25.7 Å². The first-order valence-electron chi connectivity index (χ1n) is 7.55. The van der Waals surface area contributed by atoms with Crippen LogP contribution in [0.4, 0.5) is 0 Å². The van der Waals surface area contributed by atoms with Crippen LogP contribution >= 0.6 is 22.6 Å². The van der Waals surface area contributed by atoms with Crippen molar-refractivity contribution >= 4 is 32.6 Å². The minimum absolute atomic E-state index is 0.308. The molecule has 1 aromatic carbocycles. The summed E-state index contributed by atoms with van der Waals surface area (Å²) in [5, 5.41) is 3.41. The predicted octanol–water partition coefficient (Wildman–Crippen LogP) is 2.44. The molecule has 1 saturated carbocycles. The molecule has 0 aromatic heterocycles. The Labute approximate surface area is 140 Å². The molecule has 21 heavy (non-hydrogen) atoms. The number of halogens is 1. The lowest BCUT2D eigenvalue weighted by molar-refractivity contribution is 0.358. The molecule has 1 heterocycles. The fourth-order valence-corrected chi connectivity index (χ4v) is 4.69. The van der Waals surface area contributed by atoms with Gasteiger partial charge in [-0.05, 0) is 85.0 Å². The van der Waals surface area contributed by atoms with E-state index in [4.69, 9.17) is 0 Å². The average molecular weight is 420 g/mol. The van der Waals surface area contributed by atoms with Crippen molar-refractivity contribution in [2.24, 2.45) is 5.92 Å². The molecule has 0 radical (unpaired) electrons. The maximum Gasteiger partial charge on any atom is 0.243 e. The number of hydrogen-bond donors (Lipinski definition) is 1. The molecular weight excluding hydrogens is 399 g/mol. The van der Waals surface area contributed by atoms with Gasteiger partial charge >= 0.3 is 0 Å². The van der Waals surface area contributed by atoms with Crippen molar-refractivity contribution in [3.63, 3.8) is 0 Å². The van der Waals surface area contributed by atoms with Crippen molar-refractivity contribution in [3.8, 4) is 0 Å². The van der Waals surface area contributed by atoms with Crippen molar-refractivity contribution in [1.29, 1.82) is 0 Å². The number of nitrogens with zero attached hydrogens (tertiary/aromatic N) is 1. The molecule has 116 valence electrons. The lowest BCUT2D eigenvalue weighted by atomic mass is 10.2. The van der Waals surface area contributed by atoms with E-state index in [9.17, 15) is 8.42 Å². The molecule has 1 aliphatic carbocycles. The van der Waals surface area contributed by atoms with Crippen molar-refractivity contribution in [2.45, 2.75) is 36.6 Å². The Hall–Kier alpha value is -0.180. The third-order valence-corrected chi connectivity index (χ3v) is 6.76. The molecule has 0 spiro atoms. The van der Waals surface area contributed by atoms with E-state index in [0.29, 0.717) is 29.9 Å². The van der Waals surface area contributed by atoms with Crippen molar-refractivity contribution in [2.75, 3.05) is 19.6 Å². The van der Waals surface area contributed by atoms with E-state index in [0.717, 1.165) is 35.8 Å². The third kappa shape index (κ3) is 3.97. The number of nitrogens with one attached hydrogen (secondary N) is 1. The van der Waals surface area contributed by atoms with Gasteiger partial charge in [0.2, 0.25) is 10.0 Å². The standard InChI is InChI=1S/C15H21IN2O2S/c16-13-5-7-15(8-6-13)21(19,20)18(10-12-3-4-12)11-14-2-1-9-17-14/h5-8,12,14,17H,1-4,9-11H2. The molecule has 2 aliphatic rings. The van der Waals surface area contributed by atoms with Crippen molar-refractivity contribution < 1.29 is 8.42 Å². The highest BCUT2D eigenvalue weighted by Crippen LogP contribution is 2.32. The second-order valence-corrected chi connectivity index (χ2v) is 9.20. The Bertz CT molecular complexity index is 578. The normalized spacial score (nSPS) is 22.9. The molecule has 1 atom stereocenters.